The molecular weight excluding hydrogens is 489 g/mol. The van der Waals surface area contributed by atoms with Crippen molar-refractivity contribution in [1.82, 2.24) is 20.5 Å². The molecule has 1 atom stereocenters. The van der Waals surface area contributed by atoms with Crippen LogP contribution in [0.2, 0.25) is 0 Å². The van der Waals surface area contributed by atoms with Crippen LogP contribution in [0.25, 0.3) is 11.3 Å². The van der Waals surface area contributed by atoms with Gasteiger partial charge >= 0.3 is 0 Å². The molecule has 2 N–H and O–H groups in total. The second-order valence-corrected chi connectivity index (χ2v) is 7.68. The summed E-state index contributed by atoms with van der Waals surface area (Å²) < 4.78 is 0. The largest absolute Gasteiger partial charge is 0.357 e. The number of nitrogens with zero attached hydrogens (tertiary/aromatic N) is 3. The minimum atomic E-state index is 0. The molecule has 2 aromatic rings. The van der Waals surface area contributed by atoms with E-state index in [0.29, 0.717) is 6.54 Å². The first-order valence-electron chi connectivity index (χ1n) is 10.4. The van der Waals surface area contributed by atoms with Gasteiger partial charge in [-0.15, -0.1) is 24.0 Å². The van der Waals surface area contributed by atoms with Crippen LogP contribution >= 0.6 is 24.0 Å². The molecule has 1 aliphatic heterocycles. The van der Waals surface area contributed by atoms with Crippen LogP contribution < -0.4 is 10.6 Å². The average Bonchev–Trinajstić information content (AvgIpc) is 3.21. The lowest BCUT2D eigenvalue weighted by atomic mass is 10.1. The zero-order valence-electron chi connectivity index (χ0n) is 18.0. The molecule has 2 heterocycles. The van der Waals surface area contributed by atoms with E-state index >= 15 is 0 Å². The third kappa shape index (κ3) is 6.68. The number of halogens is 1. The zero-order valence-corrected chi connectivity index (χ0v) is 20.3. The summed E-state index contributed by atoms with van der Waals surface area (Å²) in [6, 6.07) is 14.5. The van der Waals surface area contributed by atoms with Crippen LogP contribution in [0.15, 0.2) is 53.7 Å². The minimum Gasteiger partial charge on any atom is -0.357 e. The summed E-state index contributed by atoms with van der Waals surface area (Å²) in [5, 5.41) is 6.81. The van der Waals surface area contributed by atoms with Crippen LogP contribution in [0.1, 0.15) is 32.8 Å². The highest BCUT2D eigenvalue weighted by molar-refractivity contribution is 14.0. The molecule has 3 rings (SSSR count). The molecule has 7 heteroatoms. The number of benzene rings is 1. The van der Waals surface area contributed by atoms with E-state index in [-0.39, 0.29) is 41.8 Å². The van der Waals surface area contributed by atoms with Gasteiger partial charge in [-0.1, -0.05) is 38.1 Å². The van der Waals surface area contributed by atoms with Crippen LogP contribution in [-0.2, 0) is 11.3 Å². The maximum atomic E-state index is 12.2. The summed E-state index contributed by atoms with van der Waals surface area (Å²) in [6.45, 7) is 8.87. The van der Waals surface area contributed by atoms with Gasteiger partial charge in [-0.25, -0.2) is 4.99 Å². The van der Waals surface area contributed by atoms with Crippen molar-refractivity contribution < 1.29 is 4.79 Å². The van der Waals surface area contributed by atoms with Gasteiger partial charge in [-0.05, 0) is 37.1 Å². The number of amides is 1. The lowest BCUT2D eigenvalue weighted by molar-refractivity contribution is -0.133. The van der Waals surface area contributed by atoms with Crippen molar-refractivity contribution in [2.24, 2.45) is 10.9 Å². The van der Waals surface area contributed by atoms with Gasteiger partial charge in [0.1, 0.15) is 0 Å². The molecule has 1 fully saturated rings. The molecule has 1 unspecified atom stereocenters. The van der Waals surface area contributed by atoms with Crippen molar-refractivity contribution in [2.75, 3.05) is 19.6 Å². The standard InChI is InChI=1S/C23H31N5O.HI/c1-4-24-23(27-20-11-13-28(16-20)22(29)17(2)3)26-15-18-8-7-9-19(14-18)21-10-5-6-12-25-21;/h5-10,12,14,17,20H,4,11,13,15-16H2,1-3H3,(H2,24,26,27);1H. The maximum absolute atomic E-state index is 12.2. The number of carbonyl (C=O) groups is 1. The van der Waals surface area contributed by atoms with Crippen molar-refractivity contribution in [2.45, 2.75) is 39.8 Å². The number of pyridine rings is 1. The highest BCUT2D eigenvalue weighted by atomic mass is 127. The van der Waals surface area contributed by atoms with E-state index in [1.54, 1.807) is 0 Å². The first-order valence-corrected chi connectivity index (χ1v) is 10.4. The van der Waals surface area contributed by atoms with Gasteiger partial charge in [0.05, 0.1) is 12.2 Å². The zero-order chi connectivity index (χ0) is 20.6. The first kappa shape index (κ1) is 24.1. The van der Waals surface area contributed by atoms with Crippen molar-refractivity contribution in [3.8, 4) is 11.3 Å². The Morgan fingerprint density at radius 2 is 2.10 bits per heavy atom. The predicted molar refractivity (Wildman–Crippen MR) is 133 cm³/mol. The monoisotopic (exact) mass is 521 g/mol. The van der Waals surface area contributed by atoms with Gasteiger partial charge in [-0.3, -0.25) is 9.78 Å². The fraction of sp³-hybridized carbons (Fsp3) is 0.435. The van der Waals surface area contributed by atoms with Crippen LogP contribution in [0.5, 0.6) is 0 Å². The van der Waals surface area contributed by atoms with Crippen molar-refractivity contribution >= 4 is 35.8 Å². The SMILES string of the molecule is CCNC(=NCc1cccc(-c2ccccn2)c1)NC1CCN(C(=O)C(C)C)C1.I. The van der Waals surface area contributed by atoms with Crippen molar-refractivity contribution in [3.63, 3.8) is 0 Å². The number of aromatic nitrogens is 1. The van der Waals surface area contributed by atoms with E-state index in [9.17, 15) is 4.79 Å². The molecular formula is C23H32IN5O. The predicted octanol–water partition coefficient (Wildman–Crippen LogP) is 3.68. The summed E-state index contributed by atoms with van der Waals surface area (Å²) in [5.74, 6) is 1.06. The third-order valence-electron chi connectivity index (χ3n) is 4.99. The fourth-order valence-corrected chi connectivity index (χ4v) is 3.49. The molecule has 0 bridgehead atoms. The second kappa shape index (κ2) is 11.9. The molecule has 1 aliphatic rings. The lowest BCUT2D eigenvalue weighted by Crippen LogP contribution is -2.45. The van der Waals surface area contributed by atoms with Crippen molar-refractivity contribution in [1.29, 1.82) is 0 Å². The first-order chi connectivity index (χ1) is 14.1. The molecule has 0 radical (unpaired) electrons. The summed E-state index contributed by atoms with van der Waals surface area (Å²) in [4.78, 5) is 23.3. The molecule has 0 saturated carbocycles. The Kier molecular flexibility index (Phi) is 9.55. The maximum Gasteiger partial charge on any atom is 0.225 e. The van der Waals surface area contributed by atoms with Gasteiger partial charge in [0, 0.05) is 43.4 Å². The second-order valence-electron chi connectivity index (χ2n) is 7.68. The summed E-state index contributed by atoms with van der Waals surface area (Å²) in [7, 11) is 0. The number of hydrogen-bond acceptors (Lipinski definition) is 3. The number of hydrogen-bond donors (Lipinski definition) is 2. The van der Waals surface area contributed by atoms with Crippen molar-refractivity contribution in [3.05, 3.63) is 54.2 Å². The Labute approximate surface area is 196 Å². The molecule has 30 heavy (non-hydrogen) atoms. The van der Waals surface area contributed by atoms with Crippen LogP contribution in [0.3, 0.4) is 0 Å². The Morgan fingerprint density at radius 3 is 2.80 bits per heavy atom. The quantitative estimate of drug-likeness (QED) is 0.346. The molecule has 0 spiro atoms. The summed E-state index contributed by atoms with van der Waals surface area (Å²) in [6.07, 6.45) is 2.75. The Balaban J connectivity index is 0.00000320. The van der Waals surface area contributed by atoms with Gasteiger partial charge in [0.25, 0.3) is 0 Å². The average molecular weight is 521 g/mol. The normalized spacial score (nSPS) is 16.3. The number of aliphatic imine (C=N–C) groups is 1. The van der Waals surface area contributed by atoms with Gasteiger partial charge in [0.15, 0.2) is 5.96 Å². The van der Waals surface area contributed by atoms with E-state index in [4.69, 9.17) is 4.99 Å². The van der Waals surface area contributed by atoms with Crippen LogP contribution in [-0.4, -0.2) is 47.4 Å². The number of nitrogens with one attached hydrogen (secondary N) is 2. The van der Waals surface area contributed by atoms with Gasteiger partial charge in [0.2, 0.25) is 5.91 Å². The molecule has 1 amide bonds. The molecule has 6 nitrogen and oxygen atoms in total. The van der Waals surface area contributed by atoms with E-state index in [1.807, 2.05) is 49.2 Å². The smallest absolute Gasteiger partial charge is 0.225 e. The number of rotatable bonds is 6. The Hall–Kier alpha value is -2.16. The van der Waals surface area contributed by atoms with Gasteiger partial charge in [-0.2, -0.15) is 0 Å². The number of carbonyl (C=O) groups excluding carboxylic acids is 1. The van der Waals surface area contributed by atoms with E-state index in [0.717, 1.165) is 48.8 Å². The minimum absolute atomic E-state index is 0. The fourth-order valence-electron chi connectivity index (χ4n) is 3.49. The topological polar surface area (TPSA) is 69.6 Å². The third-order valence-corrected chi connectivity index (χ3v) is 4.99. The Morgan fingerprint density at radius 1 is 1.27 bits per heavy atom. The number of guanidine groups is 1. The van der Waals surface area contributed by atoms with E-state index in [1.165, 1.54) is 0 Å². The number of likely N-dealkylation sites (tertiary alicyclic amines) is 1. The van der Waals surface area contributed by atoms with Crippen LogP contribution in [0.4, 0.5) is 0 Å². The highest BCUT2D eigenvalue weighted by Gasteiger charge is 2.27. The highest BCUT2D eigenvalue weighted by Crippen LogP contribution is 2.18. The lowest BCUT2D eigenvalue weighted by Gasteiger charge is -2.20. The molecule has 1 saturated heterocycles. The van der Waals surface area contributed by atoms with E-state index in [2.05, 4.69) is 40.7 Å². The molecule has 162 valence electrons. The molecule has 1 aromatic carbocycles. The van der Waals surface area contributed by atoms with Gasteiger partial charge < -0.3 is 15.5 Å². The van der Waals surface area contributed by atoms with E-state index < -0.39 is 0 Å². The molecule has 1 aromatic heterocycles. The summed E-state index contributed by atoms with van der Waals surface area (Å²) in [5.41, 5.74) is 3.19. The Bertz CT molecular complexity index is 840. The van der Waals surface area contributed by atoms with Crippen LogP contribution in [0, 0.1) is 5.92 Å². The summed E-state index contributed by atoms with van der Waals surface area (Å²) >= 11 is 0. The molecule has 0 aliphatic carbocycles.